The van der Waals surface area contributed by atoms with Crippen molar-refractivity contribution in [2.45, 2.75) is 0 Å². The number of carbonyl (C=O) groups is 1. The van der Waals surface area contributed by atoms with Crippen LogP contribution in [0.3, 0.4) is 0 Å². The first-order valence-electron chi connectivity index (χ1n) is 8.28. The molecular formula is C22H19NO2S. The van der Waals surface area contributed by atoms with E-state index < -0.39 is 0 Å². The van der Waals surface area contributed by atoms with Crippen LogP contribution in [0.15, 0.2) is 84.9 Å². The fourth-order valence-electron chi connectivity index (χ4n) is 2.64. The standard InChI is InChI=1S/C22H19NO2S/c1-25-20-14-12-18(13-15-20)22(26)23(19-10-6-3-7-11-19)16-21(24)17-8-4-2-5-9-17/h2-15H,16H2,1H3. The number of benzene rings is 3. The van der Waals surface area contributed by atoms with Gasteiger partial charge in [0.05, 0.1) is 13.7 Å². The van der Waals surface area contributed by atoms with Gasteiger partial charge in [0.2, 0.25) is 0 Å². The monoisotopic (exact) mass is 361 g/mol. The van der Waals surface area contributed by atoms with Crippen molar-refractivity contribution >= 4 is 28.7 Å². The maximum atomic E-state index is 12.7. The molecule has 0 spiro atoms. The highest BCUT2D eigenvalue weighted by Gasteiger charge is 2.18. The summed E-state index contributed by atoms with van der Waals surface area (Å²) in [6.07, 6.45) is 0. The van der Waals surface area contributed by atoms with Crippen LogP contribution in [0.2, 0.25) is 0 Å². The highest BCUT2D eigenvalue weighted by molar-refractivity contribution is 7.81. The number of ether oxygens (including phenoxy) is 1. The van der Waals surface area contributed by atoms with Crippen LogP contribution in [0.1, 0.15) is 15.9 Å². The van der Waals surface area contributed by atoms with Gasteiger partial charge in [-0.1, -0.05) is 60.7 Å². The van der Waals surface area contributed by atoms with Gasteiger partial charge in [-0.25, -0.2) is 0 Å². The van der Waals surface area contributed by atoms with Gasteiger partial charge in [-0.05, 0) is 36.4 Å². The Bertz CT molecular complexity index is 877. The number of methoxy groups -OCH3 is 1. The van der Waals surface area contributed by atoms with Gasteiger partial charge in [0.15, 0.2) is 5.78 Å². The zero-order chi connectivity index (χ0) is 18.4. The van der Waals surface area contributed by atoms with Crippen molar-refractivity contribution in [2.24, 2.45) is 0 Å². The maximum absolute atomic E-state index is 12.7. The van der Waals surface area contributed by atoms with E-state index in [1.54, 1.807) is 7.11 Å². The number of hydrogen-bond donors (Lipinski definition) is 0. The Morgan fingerprint density at radius 1 is 0.846 bits per heavy atom. The highest BCUT2D eigenvalue weighted by Crippen LogP contribution is 2.20. The molecule has 3 rings (SSSR count). The summed E-state index contributed by atoms with van der Waals surface area (Å²) in [7, 11) is 1.63. The van der Waals surface area contributed by atoms with Gasteiger partial charge in [0.25, 0.3) is 0 Å². The van der Waals surface area contributed by atoms with Crippen molar-refractivity contribution in [1.29, 1.82) is 0 Å². The number of hydrogen-bond acceptors (Lipinski definition) is 3. The molecule has 3 nitrogen and oxygen atoms in total. The smallest absolute Gasteiger partial charge is 0.182 e. The number of thiocarbonyl (C=S) groups is 1. The predicted octanol–water partition coefficient (Wildman–Crippen LogP) is 4.76. The number of para-hydroxylation sites is 1. The number of rotatable bonds is 6. The zero-order valence-corrected chi connectivity index (χ0v) is 15.3. The van der Waals surface area contributed by atoms with Crippen LogP contribution in [0.5, 0.6) is 5.75 Å². The summed E-state index contributed by atoms with van der Waals surface area (Å²) in [6, 6.07) is 26.5. The molecule has 3 aromatic carbocycles. The number of ketones is 1. The Kier molecular flexibility index (Phi) is 5.77. The van der Waals surface area contributed by atoms with Crippen LogP contribution in [-0.4, -0.2) is 24.4 Å². The highest BCUT2D eigenvalue weighted by atomic mass is 32.1. The molecule has 0 saturated carbocycles. The lowest BCUT2D eigenvalue weighted by molar-refractivity contribution is 0.100. The average Bonchev–Trinajstić information content (AvgIpc) is 2.72. The molecule has 0 aliphatic carbocycles. The lowest BCUT2D eigenvalue weighted by Crippen LogP contribution is -2.35. The van der Waals surface area contributed by atoms with E-state index in [9.17, 15) is 4.79 Å². The Morgan fingerprint density at radius 2 is 1.42 bits per heavy atom. The van der Waals surface area contributed by atoms with Crippen LogP contribution in [0, 0.1) is 0 Å². The third kappa shape index (κ3) is 4.16. The third-order valence-corrected chi connectivity index (χ3v) is 4.50. The summed E-state index contributed by atoms with van der Waals surface area (Å²) < 4.78 is 5.21. The summed E-state index contributed by atoms with van der Waals surface area (Å²) in [5.74, 6) is 0.786. The molecule has 130 valence electrons. The predicted molar refractivity (Wildman–Crippen MR) is 109 cm³/mol. The Labute approximate surface area is 158 Å². The topological polar surface area (TPSA) is 29.5 Å². The van der Waals surface area contributed by atoms with E-state index in [4.69, 9.17) is 17.0 Å². The van der Waals surface area contributed by atoms with E-state index in [1.165, 1.54) is 0 Å². The van der Waals surface area contributed by atoms with Gasteiger partial charge < -0.3 is 9.64 Å². The van der Waals surface area contributed by atoms with Crippen LogP contribution >= 0.6 is 12.2 Å². The third-order valence-electron chi connectivity index (χ3n) is 4.05. The molecule has 0 aromatic heterocycles. The molecule has 0 atom stereocenters. The van der Waals surface area contributed by atoms with E-state index in [0.29, 0.717) is 10.6 Å². The van der Waals surface area contributed by atoms with E-state index >= 15 is 0 Å². The van der Waals surface area contributed by atoms with Crippen molar-refractivity contribution in [1.82, 2.24) is 0 Å². The van der Waals surface area contributed by atoms with Crippen molar-refractivity contribution in [3.63, 3.8) is 0 Å². The summed E-state index contributed by atoms with van der Waals surface area (Å²) >= 11 is 5.70. The minimum atomic E-state index is 0.0188. The number of anilines is 1. The molecular weight excluding hydrogens is 342 g/mol. The molecule has 0 saturated heterocycles. The molecule has 0 bridgehead atoms. The first-order valence-corrected chi connectivity index (χ1v) is 8.69. The average molecular weight is 361 g/mol. The van der Waals surface area contributed by atoms with E-state index in [-0.39, 0.29) is 12.3 Å². The minimum absolute atomic E-state index is 0.0188. The van der Waals surface area contributed by atoms with Crippen LogP contribution in [-0.2, 0) is 0 Å². The molecule has 0 radical (unpaired) electrons. The fourth-order valence-corrected chi connectivity index (χ4v) is 2.94. The maximum Gasteiger partial charge on any atom is 0.182 e. The summed E-state index contributed by atoms with van der Waals surface area (Å²) in [6.45, 7) is 0.179. The molecule has 0 aliphatic heterocycles. The molecule has 0 amide bonds. The Balaban J connectivity index is 1.90. The van der Waals surface area contributed by atoms with E-state index in [1.807, 2.05) is 89.8 Å². The molecule has 0 heterocycles. The van der Waals surface area contributed by atoms with Gasteiger partial charge in [-0.15, -0.1) is 0 Å². The summed E-state index contributed by atoms with van der Waals surface area (Å²) in [4.78, 5) is 15.2. The van der Waals surface area contributed by atoms with Gasteiger partial charge in [-0.3, -0.25) is 4.79 Å². The molecule has 0 N–H and O–H groups in total. The van der Waals surface area contributed by atoms with Crippen LogP contribution in [0.25, 0.3) is 0 Å². The van der Waals surface area contributed by atoms with Crippen LogP contribution < -0.4 is 9.64 Å². The molecule has 0 aliphatic rings. The SMILES string of the molecule is COc1ccc(C(=S)N(CC(=O)c2ccccc2)c2ccccc2)cc1. The van der Waals surface area contributed by atoms with Crippen molar-refractivity contribution in [2.75, 3.05) is 18.6 Å². The van der Waals surface area contributed by atoms with Gasteiger partial charge in [0.1, 0.15) is 10.7 Å². The molecule has 0 unspecified atom stereocenters. The number of Topliss-reactive ketones (excluding diaryl/α,β-unsaturated/α-hetero) is 1. The largest absolute Gasteiger partial charge is 0.497 e. The molecule has 26 heavy (non-hydrogen) atoms. The second-order valence-corrected chi connectivity index (χ2v) is 6.13. The fraction of sp³-hybridized carbons (Fsp3) is 0.0909. The van der Waals surface area contributed by atoms with Gasteiger partial charge in [-0.2, -0.15) is 0 Å². The molecule has 0 fully saturated rings. The van der Waals surface area contributed by atoms with Crippen LogP contribution in [0.4, 0.5) is 5.69 Å². The second kappa shape index (κ2) is 8.41. The normalized spacial score (nSPS) is 10.2. The van der Waals surface area contributed by atoms with Crippen molar-refractivity contribution in [3.05, 3.63) is 96.1 Å². The minimum Gasteiger partial charge on any atom is -0.497 e. The number of carbonyl (C=O) groups excluding carboxylic acids is 1. The summed E-state index contributed by atoms with van der Waals surface area (Å²) in [5.41, 5.74) is 2.43. The van der Waals surface area contributed by atoms with E-state index in [0.717, 1.165) is 17.0 Å². The Morgan fingerprint density at radius 3 is 2.00 bits per heavy atom. The molecule has 3 aromatic rings. The first-order chi connectivity index (χ1) is 12.7. The second-order valence-electron chi connectivity index (χ2n) is 5.74. The first kappa shape index (κ1) is 17.8. The molecule has 4 heteroatoms. The lowest BCUT2D eigenvalue weighted by Gasteiger charge is -2.25. The quantitative estimate of drug-likeness (QED) is 0.468. The Hall–Kier alpha value is -2.98. The summed E-state index contributed by atoms with van der Waals surface area (Å²) in [5, 5.41) is 0. The van der Waals surface area contributed by atoms with Gasteiger partial charge >= 0.3 is 0 Å². The zero-order valence-electron chi connectivity index (χ0n) is 14.5. The van der Waals surface area contributed by atoms with E-state index in [2.05, 4.69) is 0 Å². The van der Waals surface area contributed by atoms with Crippen molar-refractivity contribution < 1.29 is 9.53 Å². The van der Waals surface area contributed by atoms with Crippen molar-refractivity contribution in [3.8, 4) is 5.75 Å². The number of nitrogens with zero attached hydrogens (tertiary/aromatic N) is 1. The van der Waals surface area contributed by atoms with Gasteiger partial charge in [0, 0.05) is 16.8 Å². The lowest BCUT2D eigenvalue weighted by atomic mass is 10.1.